The van der Waals surface area contributed by atoms with E-state index in [2.05, 4.69) is 33.7 Å². The van der Waals surface area contributed by atoms with Gasteiger partial charge in [0.25, 0.3) is 0 Å². The highest BCUT2D eigenvalue weighted by Crippen LogP contribution is 2.39. The van der Waals surface area contributed by atoms with E-state index in [4.69, 9.17) is 4.74 Å². The first-order valence-corrected chi connectivity index (χ1v) is 10.7. The molecule has 4 heterocycles. The van der Waals surface area contributed by atoms with Gasteiger partial charge in [-0.25, -0.2) is 4.98 Å². The van der Waals surface area contributed by atoms with Gasteiger partial charge in [0, 0.05) is 24.8 Å². The quantitative estimate of drug-likeness (QED) is 0.609. The number of rotatable bonds is 4. The number of nitrogens with zero attached hydrogens (tertiary/aromatic N) is 5. The summed E-state index contributed by atoms with van der Waals surface area (Å²) in [4.78, 5) is 22.3. The van der Waals surface area contributed by atoms with E-state index in [0.717, 1.165) is 35.7 Å². The minimum absolute atomic E-state index is 0.0459. The van der Waals surface area contributed by atoms with E-state index in [9.17, 15) is 4.79 Å². The molecular weight excluding hydrogens is 390 g/mol. The van der Waals surface area contributed by atoms with Crippen molar-refractivity contribution in [1.29, 1.82) is 0 Å². The van der Waals surface area contributed by atoms with Crippen LogP contribution in [0.3, 0.4) is 0 Å². The van der Waals surface area contributed by atoms with Crippen LogP contribution in [0.2, 0.25) is 0 Å². The second kappa shape index (κ2) is 7.81. The number of hydrogen-bond acceptors (Lipinski definition) is 5. The summed E-state index contributed by atoms with van der Waals surface area (Å²) in [6, 6.07) is 12.1. The summed E-state index contributed by atoms with van der Waals surface area (Å²) in [6.07, 6.45) is 6.93. The van der Waals surface area contributed by atoms with E-state index in [1.165, 1.54) is 0 Å². The standard InChI is InChI=1S/C24H27N5O2/c1-3-24(23(30)28-17-31-16-20(28)19-7-5-4-6-8-19)10-13-27(14-11-24)21-9-12-25-22-18(2)15-26-29(21)22/h3-9,12,15,20H,1,10-11,13-14,16-17H2,2H3/t20-/m0/s1. The van der Waals surface area contributed by atoms with Gasteiger partial charge in [0.15, 0.2) is 5.65 Å². The molecule has 0 N–H and O–H groups in total. The number of aromatic nitrogens is 3. The van der Waals surface area contributed by atoms with E-state index in [-0.39, 0.29) is 11.9 Å². The van der Waals surface area contributed by atoms with Gasteiger partial charge in [-0.05, 0) is 31.4 Å². The molecule has 160 valence electrons. The molecule has 0 spiro atoms. The average molecular weight is 418 g/mol. The lowest BCUT2D eigenvalue weighted by atomic mass is 9.77. The van der Waals surface area contributed by atoms with Gasteiger partial charge in [-0.1, -0.05) is 36.4 Å². The van der Waals surface area contributed by atoms with Crippen LogP contribution in [0.4, 0.5) is 5.82 Å². The van der Waals surface area contributed by atoms with E-state index < -0.39 is 5.41 Å². The fraction of sp³-hybridized carbons (Fsp3) is 0.375. The van der Waals surface area contributed by atoms with Gasteiger partial charge in [-0.2, -0.15) is 9.61 Å². The van der Waals surface area contributed by atoms with Gasteiger partial charge in [-0.3, -0.25) is 4.79 Å². The van der Waals surface area contributed by atoms with E-state index in [1.54, 1.807) is 0 Å². The molecule has 3 aromatic rings. The molecule has 0 saturated carbocycles. The number of carbonyl (C=O) groups is 1. The first kappa shape index (κ1) is 19.8. The number of ether oxygens (including phenoxy) is 1. The molecule has 1 amide bonds. The number of carbonyl (C=O) groups excluding carboxylic acids is 1. The predicted octanol–water partition coefficient (Wildman–Crippen LogP) is 3.37. The molecular formula is C24H27N5O2. The average Bonchev–Trinajstić information content (AvgIpc) is 3.46. The van der Waals surface area contributed by atoms with E-state index in [1.807, 2.05) is 59.1 Å². The van der Waals surface area contributed by atoms with Crippen molar-refractivity contribution in [2.45, 2.75) is 25.8 Å². The van der Waals surface area contributed by atoms with Gasteiger partial charge in [0.2, 0.25) is 5.91 Å². The summed E-state index contributed by atoms with van der Waals surface area (Å²) in [7, 11) is 0. The number of anilines is 1. The Kier molecular flexibility index (Phi) is 4.98. The third-order valence-electron chi connectivity index (χ3n) is 6.68. The first-order chi connectivity index (χ1) is 15.1. The molecule has 5 rings (SSSR count). The maximum atomic E-state index is 13.7. The van der Waals surface area contributed by atoms with Crippen LogP contribution in [0.1, 0.15) is 30.0 Å². The highest BCUT2D eigenvalue weighted by Gasteiger charge is 2.45. The number of hydrogen-bond donors (Lipinski definition) is 0. The van der Waals surface area contributed by atoms with Gasteiger partial charge in [0.05, 0.1) is 24.3 Å². The third-order valence-corrected chi connectivity index (χ3v) is 6.68. The molecule has 0 bridgehead atoms. The molecule has 2 fully saturated rings. The Morgan fingerprint density at radius 1 is 1.23 bits per heavy atom. The Morgan fingerprint density at radius 2 is 2.00 bits per heavy atom. The normalized spacial score (nSPS) is 20.9. The van der Waals surface area contributed by atoms with Crippen LogP contribution in [0, 0.1) is 12.3 Å². The second-order valence-corrected chi connectivity index (χ2v) is 8.41. The van der Waals surface area contributed by atoms with Gasteiger partial charge < -0.3 is 14.5 Å². The molecule has 2 aliphatic rings. The minimum Gasteiger partial charge on any atom is -0.359 e. The minimum atomic E-state index is -0.580. The zero-order chi connectivity index (χ0) is 21.4. The second-order valence-electron chi connectivity index (χ2n) is 8.41. The van der Waals surface area contributed by atoms with Crippen molar-refractivity contribution >= 4 is 17.4 Å². The van der Waals surface area contributed by atoms with Gasteiger partial charge in [0.1, 0.15) is 12.5 Å². The predicted molar refractivity (Wildman–Crippen MR) is 119 cm³/mol. The maximum absolute atomic E-state index is 13.7. The molecule has 7 heteroatoms. The molecule has 7 nitrogen and oxygen atoms in total. The summed E-state index contributed by atoms with van der Waals surface area (Å²) in [6.45, 7) is 8.44. The Hall–Kier alpha value is -3.19. The molecule has 2 aromatic heterocycles. The summed E-state index contributed by atoms with van der Waals surface area (Å²) >= 11 is 0. The molecule has 1 atom stereocenters. The van der Waals surface area contributed by atoms with Crippen molar-refractivity contribution in [2.75, 3.05) is 31.3 Å². The monoisotopic (exact) mass is 417 g/mol. The van der Waals surface area contributed by atoms with Gasteiger partial charge >= 0.3 is 0 Å². The van der Waals surface area contributed by atoms with Crippen LogP contribution < -0.4 is 4.90 Å². The number of aryl methyl sites for hydroxylation is 1. The van der Waals surface area contributed by atoms with Crippen LogP contribution >= 0.6 is 0 Å². The molecule has 0 aliphatic carbocycles. The van der Waals surface area contributed by atoms with Crippen LogP contribution in [0.25, 0.3) is 5.65 Å². The highest BCUT2D eigenvalue weighted by molar-refractivity contribution is 5.85. The van der Waals surface area contributed by atoms with Crippen molar-refractivity contribution in [1.82, 2.24) is 19.5 Å². The van der Waals surface area contributed by atoms with Crippen LogP contribution in [-0.2, 0) is 9.53 Å². The Morgan fingerprint density at radius 3 is 2.74 bits per heavy atom. The Balaban J connectivity index is 1.36. The molecule has 31 heavy (non-hydrogen) atoms. The molecule has 0 unspecified atom stereocenters. The highest BCUT2D eigenvalue weighted by atomic mass is 16.5. The van der Waals surface area contributed by atoms with Crippen molar-refractivity contribution < 1.29 is 9.53 Å². The number of fused-ring (bicyclic) bond motifs is 1. The molecule has 2 saturated heterocycles. The fourth-order valence-corrected chi connectivity index (χ4v) is 4.75. The third kappa shape index (κ3) is 3.29. The molecule has 2 aliphatic heterocycles. The molecule has 1 aromatic carbocycles. The van der Waals surface area contributed by atoms with Crippen LogP contribution in [-0.4, -0.2) is 51.8 Å². The smallest absolute Gasteiger partial charge is 0.235 e. The van der Waals surface area contributed by atoms with Crippen LogP contribution in [0.5, 0.6) is 0 Å². The molecule has 0 radical (unpaired) electrons. The fourth-order valence-electron chi connectivity index (χ4n) is 4.75. The lowest BCUT2D eigenvalue weighted by molar-refractivity contribution is -0.142. The van der Waals surface area contributed by atoms with Gasteiger partial charge in [-0.15, -0.1) is 6.58 Å². The van der Waals surface area contributed by atoms with Crippen molar-refractivity contribution in [3.8, 4) is 0 Å². The summed E-state index contributed by atoms with van der Waals surface area (Å²) in [5.74, 6) is 1.12. The Bertz CT molecular complexity index is 1100. The Labute approximate surface area is 181 Å². The number of piperidine rings is 1. The summed E-state index contributed by atoms with van der Waals surface area (Å²) < 4.78 is 7.60. The van der Waals surface area contributed by atoms with Crippen molar-refractivity contribution in [3.63, 3.8) is 0 Å². The lowest BCUT2D eigenvalue weighted by Crippen LogP contribution is -2.49. The number of benzene rings is 1. The summed E-state index contributed by atoms with van der Waals surface area (Å²) in [5, 5.41) is 4.49. The SMILES string of the molecule is C=CC1(C(=O)N2COC[C@H]2c2ccccc2)CCN(c2ccnc3c(C)cnn23)CC1. The lowest BCUT2D eigenvalue weighted by Gasteiger charge is -2.42. The number of amides is 1. The zero-order valence-electron chi connectivity index (χ0n) is 17.8. The van der Waals surface area contributed by atoms with Crippen molar-refractivity contribution in [2.24, 2.45) is 5.41 Å². The first-order valence-electron chi connectivity index (χ1n) is 10.7. The van der Waals surface area contributed by atoms with E-state index >= 15 is 0 Å². The topological polar surface area (TPSA) is 63.0 Å². The summed E-state index contributed by atoms with van der Waals surface area (Å²) in [5.41, 5.74) is 2.45. The zero-order valence-corrected chi connectivity index (χ0v) is 17.8. The largest absolute Gasteiger partial charge is 0.359 e. The van der Waals surface area contributed by atoms with Crippen molar-refractivity contribution in [3.05, 3.63) is 72.6 Å². The van der Waals surface area contributed by atoms with Crippen LogP contribution in [0.15, 0.2) is 61.4 Å². The maximum Gasteiger partial charge on any atom is 0.235 e. The van der Waals surface area contributed by atoms with E-state index in [0.29, 0.717) is 26.2 Å².